The monoisotopic (exact) mass is 518 g/mol. The molecule has 3 heterocycles. The van der Waals surface area contributed by atoms with Crippen LogP contribution in [0.4, 0.5) is 10.6 Å². The van der Waals surface area contributed by atoms with Gasteiger partial charge in [-0.3, -0.25) is 4.68 Å². The molecule has 196 valence electrons. The van der Waals surface area contributed by atoms with E-state index in [1.165, 1.54) is 16.8 Å². The van der Waals surface area contributed by atoms with Crippen molar-refractivity contribution in [2.75, 3.05) is 19.8 Å². The standard InChI is InChI=1S/C30H30N8O/c1-36(2)30(39)32-16-21-9-6-10-23(13-21)27-15-25(28-29(31)33-19-34-38(27)28)22-11-12-24-18-37(35-26(24)14-22)17-20-7-4-3-5-8-20/h3-13,15,18-19,22H,14,16-17H2,1-2H3,(H,32,39)(H2,31,33,34). The maximum Gasteiger partial charge on any atom is 0.317 e. The van der Waals surface area contributed by atoms with Crippen molar-refractivity contribution in [1.29, 1.82) is 0 Å². The van der Waals surface area contributed by atoms with Gasteiger partial charge in [0.2, 0.25) is 0 Å². The molecule has 5 aromatic rings. The van der Waals surface area contributed by atoms with Gasteiger partial charge in [-0.2, -0.15) is 10.2 Å². The Morgan fingerprint density at radius 2 is 1.92 bits per heavy atom. The third-order valence-electron chi connectivity index (χ3n) is 7.06. The van der Waals surface area contributed by atoms with Crippen molar-refractivity contribution < 1.29 is 4.79 Å². The van der Waals surface area contributed by atoms with Crippen molar-refractivity contribution >= 4 is 23.4 Å². The first-order valence-corrected chi connectivity index (χ1v) is 12.9. The molecule has 0 fully saturated rings. The third-order valence-corrected chi connectivity index (χ3v) is 7.06. The molecule has 1 unspecified atom stereocenters. The molecule has 9 nitrogen and oxygen atoms in total. The molecule has 0 radical (unpaired) electrons. The Labute approximate surface area is 226 Å². The predicted octanol–water partition coefficient (Wildman–Crippen LogP) is 4.35. The molecule has 1 atom stereocenters. The van der Waals surface area contributed by atoms with E-state index in [9.17, 15) is 4.79 Å². The number of fused-ring (bicyclic) bond motifs is 2. The number of nitrogens with zero attached hydrogens (tertiary/aromatic N) is 6. The number of hydrogen-bond donors (Lipinski definition) is 2. The normalized spacial score (nSPS) is 14.4. The fourth-order valence-electron chi connectivity index (χ4n) is 5.10. The Kier molecular flexibility index (Phi) is 6.32. The lowest BCUT2D eigenvalue weighted by Gasteiger charge is -2.15. The second kappa shape index (κ2) is 10.1. The molecule has 1 aliphatic carbocycles. The number of hydrogen-bond acceptors (Lipinski definition) is 5. The maximum atomic E-state index is 12.0. The van der Waals surface area contributed by atoms with Crippen molar-refractivity contribution in [3.63, 3.8) is 0 Å². The van der Waals surface area contributed by atoms with Gasteiger partial charge in [0.05, 0.1) is 17.9 Å². The van der Waals surface area contributed by atoms with Crippen LogP contribution >= 0.6 is 0 Å². The van der Waals surface area contributed by atoms with Crippen LogP contribution in [-0.2, 0) is 19.5 Å². The molecule has 9 heteroatoms. The highest BCUT2D eigenvalue weighted by atomic mass is 16.2. The average molecular weight is 519 g/mol. The molecule has 0 saturated heterocycles. The average Bonchev–Trinajstić information content (AvgIpc) is 3.54. The number of carbonyl (C=O) groups is 1. The Balaban J connectivity index is 1.31. The first-order chi connectivity index (χ1) is 19.0. The van der Waals surface area contributed by atoms with E-state index < -0.39 is 0 Å². The number of benzene rings is 2. The predicted molar refractivity (Wildman–Crippen MR) is 152 cm³/mol. The highest BCUT2D eigenvalue weighted by molar-refractivity contribution is 5.79. The van der Waals surface area contributed by atoms with E-state index in [2.05, 4.69) is 58.0 Å². The fraction of sp³-hybridized carbons (Fsp3) is 0.200. The lowest BCUT2D eigenvalue weighted by Crippen LogP contribution is -2.33. The highest BCUT2D eigenvalue weighted by Gasteiger charge is 2.25. The second-order valence-electron chi connectivity index (χ2n) is 10.0. The van der Waals surface area contributed by atoms with Gasteiger partial charge in [-0.25, -0.2) is 14.3 Å². The lowest BCUT2D eigenvalue weighted by atomic mass is 9.89. The van der Waals surface area contributed by atoms with Gasteiger partial charge < -0.3 is 16.0 Å². The van der Waals surface area contributed by atoms with Crippen molar-refractivity contribution in [2.45, 2.75) is 25.4 Å². The first-order valence-electron chi connectivity index (χ1n) is 12.9. The van der Waals surface area contributed by atoms with Gasteiger partial charge >= 0.3 is 6.03 Å². The number of nitrogens with two attached hydrogens (primary N) is 1. The SMILES string of the molecule is CN(C)C(=O)NCc1cccc(-c2cc(C3C=Cc4cn(Cc5ccccc5)nc4C3)c3c(N)ncnn23)c1. The van der Waals surface area contributed by atoms with Gasteiger partial charge in [0.15, 0.2) is 5.82 Å². The van der Waals surface area contributed by atoms with E-state index in [-0.39, 0.29) is 11.9 Å². The zero-order valence-electron chi connectivity index (χ0n) is 22.0. The number of anilines is 1. The molecule has 3 aromatic heterocycles. The Morgan fingerprint density at radius 3 is 2.74 bits per heavy atom. The Hall–Kier alpha value is -4.92. The van der Waals surface area contributed by atoms with E-state index in [1.54, 1.807) is 14.1 Å². The van der Waals surface area contributed by atoms with Crippen molar-refractivity contribution in [2.24, 2.45) is 0 Å². The minimum Gasteiger partial charge on any atom is -0.382 e. The number of aromatic nitrogens is 5. The lowest BCUT2D eigenvalue weighted by molar-refractivity contribution is 0.217. The van der Waals surface area contributed by atoms with Crippen LogP contribution in [-0.4, -0.2) is 49.4 Å². The molecular formula is C30H30N8O. The van der Waals surface area contributed by atoms with Crippen LogP contribution in [0.3, 0.4) is 0 Å². The fourth-order valence-corrected chi connectivity index (χ4v) is 5.10. The van der Waals surface area contributed by atoms with Gasteiger partial charge in [-0.15, -0.1) is 0 Å². The topological polar surface area (TPSA) is 106 Å². The summed E-state index contributed by atoms with van der Waals surface area (Å²) in [4.78, 5) is 17.8. The van der Waals surface area contributed by atoms with Crippen LogP contribution in [0.15, 0.2) is 79.3 Å². The van der Waals surface area contributed by atoms with Crippen LogP contribution in [0.2, 0.25) is 0 Å². The van der Waals surface area contributed by atoms with Gasteiger partial charge in [0.1, 0.15) is 11.8 Å². The smallest absolute Gasteiger partial charge is 0.317 e. The van der Waals surface area contributed by atoms with Crippen LogP contribution in [0.1, 0.15) is 33.9 Å². The largest absolute Gasteiger partial charge is 0.382 e. The molecule has 2 aromatic carbocycles. The van der Waals surface area contributed by atoms with Crippen molar-refractivity contribution in [3.05, 3.63) is 107 Å². The minimum atomic E-state index is -0.133. The minimum absolute atomic E-state index is 0.0807. The number of urea groups is 1. The molecule has 1 aliphatic rings. The summed E-state index contributed by atoms with van der Waals surface area (Å²) in [7, 11) is 3.45. The van der Waals surface area contributed by atoms with Crippen LogP contribution in [0.25, 0.3) is 22.9 Å². The molecule has 0 spiro atoms. The third kappa shape index (κ3) is 4.86. The van der Waals surface area contributed by atoms with Crippen molar-refractivity contribution in [1.82, 2.24) is 34.6 Å². The summed E-state index contributed by atoms with van der Waals surface area (Å²) in [5, 5.41) is 12.4. The molecule has 0 saturated carbocycles. The Bertz CT molecular complexity index is 1680. The summed E-state index contributed by atoms with van der Waals surface area (Å²) in [5.74, 6) is 0.520. The van der Waals surface area contributed by atoms with E-state index in [0.29, 0.717) is 12.4 Å². The quantitative estimate of drug-likeness (QED) is 0.348. The number of rotatable bonds is 6. The maximum absolute atomic E-state index is 12.0. The van der Waals surface area contributed by atoms with Crippen LogP contribution in [0, 0.1) is 0 Å². The van der Waals surface area contributed by atoms with Crippen LogP contribution in [0.5, 0.6) is 0 Å². The van der Waals surface area contributed by atoms with Crippen molar-refractivity contribution in [3.8, 4) is 11.3 Å². The van der Waals surface area contributed by atoms with Gasteiger partial charge in [-0.1, -0.05) is 60.7 Å². The van der Waals surface area contributed by atoms with E-state index in [4.69, 9.17) is 10.8 Å². The second-order valence-corrected chi connectivity index (χ2v) is 10.0. The summed E-state index contributed by atoms with van der Waals surface area (Å²) < 4.78 is 3.88. The summed E-state index contributed by atoms with van der Waals surface area (Å²) in [6.07, 6.45) is 8.72. The number of amides is 2. The molecule has 0 aliphatic heterocycles. The molecule has 39 heavy (non-hydrogen) atoms. The van der Waals surface area contributed by atoms with Gasteiger partial charge in [0, 0.05) is 50.3 Å². The molecule has 6 rings (SSSR count). The molecule has 3 N–H and O–H groups in total. The summed E-state index contributed by atoms with van der Waals surface area (Å²) in [6, 6.07) is 20.5. The zero-order valence-corrected chi connectivity index (χ0v) is 22.0. The Morgan fingerprint density at radius 1 is 1.10 bits per heavy atom. The number of allylic oxidation sites excluding steroid dienone is 1. The zero-order chi connectivity index (χ0) is 26.9. The van der Waals surface area contributed by atoms with E-state index in [1.807, 2.05) is 45.6 Å². The summed E-state index contributed by atoms with van der Waals surface area (Å²) >= 11 is 0. The number of nitrogens with one attached hydrogen (secondary N) is 1. The van der Waals surface area contributed by atoms with E-state index in [0.717, 1.165) is 52.1 Å². The van der Waals surface area contributed by atoms with Crippen LogP contribution < -0.4 is 11.1 Å². The molecule has 2 amide bonds. The summed E-state index contributed by atoms with van der Waals surface area (Å²) in [6.45, 7) is 1.16. The molecule has 0 bridgehead atoms. The highest BCUT2D eigenvalue weighted by Crippen LogP contribution is 2.37. The summed E-state index contributed by atoms with van der Waals surface area (Å²) in [5.41, 5.74) is 14.6. The number of carbonyl (C=O) groups excluding carboxylic acids is 1. The first kappa shape index (κ1) is 24.4. The van der Waals surface area contributed by atoms with Gasteiger partial charge in [-0.05, 0) is 28.8 Å². The molecular weight excluding hydrogens is 488 g/mol. The number of nitrogen functional groups attached to an aromatic ring is 1. The van der Waals surface area contributed by atoms with E-state index >= 15 is 0 Å². The van der Waals surface area contributed by atoms with Gasteiger partial charge in [0.25, 0.3) is 0 Å².